The molecule has 0 aliphatic heterocycles. The van der Waals surface area contributed by atoms with Crippen molar-refractivity contribution in [2.75, 3.05) is 0 Å². The van der Waals surface area contributed by atoms with E-state index < -0.39 is 36.4 Å². The molecule has 4 heterocycles. The minimum atomic E-state index is -5.69. The first-order valence-electron chi connectivity index (χ1n) is 14.0. The van der Waals surface area contributed by atoms with Crippen molar-refractivity contribution in [1.82, 2.24) is 19.9 Å². The van der Waals surface area contributed by atoms with Crippen molar-refractivity contribution in [2.45, 2.75) is 56.8 Å². The van der Waals surface area contributed by atoms with Crippen LogP contribution >= 0.6 is 34.8 Å². The molecule has 0 radical (unpaired) electrons. The maximum Gasteiger partial charge on any atom is 0.457 e. The number of hydrogen-bond acceptors (Lipinski definition) is 9. The third kappa shape index (κ3) is 15.4. The standard InChI is InChI=1S/C10H11F5N2O.C10H7F5N2O.C6H3ClN2.C5H3Cl2N/c2*1-6(9(11,12)10(13,14)15)18-8-3-2-7(4-16)17-5-8;7-5-1-2-6(3-8)9-4-5;6-4-1-2-5(7)8-3-4/h2-3,5-6H,4,16H2,1H3;2-3,5-6H,1H3;1-2,4H;1-3H. The van der Waals surface area contributed by atoms with Crippen molar-refractivity contribution in [3.05, 3.63) is 106 Å². The first kappa shape index (κ1) is 46.3. The maximum atomic E-state index is 12.9. The van der Waals surface area contributed by atoms with Gasteiger partial charge in [-0.05, 0) is 62.4 Å². The van der Waals surface area contributed by atoms with Gasteiger partial charge in [-0.1, -0.05) is 34.8 Å². The molecule has 0 aliphatic carbocycles. The average molecular weight is 823 g/mol. The van der Waals surface area contributed by atoms with Crippen LogP contribution in [0.3, 0.4) is 0 Å². The lowest BCUT2D eigenvalue weighted by atomic mass is 10.2. The van der Waals surface area contributed by atoms with Gasteiger partial charge in [0.2, 0.25) is 0 Å². The fourth-order valence-electron chi connectivity index (χ4n) is 2.93. The SMILES string of the molecule is CC(Oc1ccc(C#N)nc1)C(F)(F)C(F)(F)F.CC(Oc1ccc(CN)nc1)C(F)(F)C(F)(F)F.Clc1ccc(Cl)nc1.N#Cc1ccc(Cl)cn1. The van der Waals surface area contributed by atoms with Crippen LogP contribution < -0.4 is 15.2 Å². The van der Waals surface area contributed by atoms with Crippen LogP contribution in [0.2, 0.25) is 15.2 Å². The zero-order valence-electron chi connectivity index (χ0n) is 26.8. The van der Waals surface area contributed by atoms with Gasteiger partial charge in [-0.3, -0.25) is 4.98 Å². The Morgan fingerprint density at radius 1 is 0.604 bits per heavy atom. The molecule has 4 aromatic rings. The smallest absolute Gasteiger partial charge is 0.457 e. The zero-order valence-corrected chi connectivity index (χ0v) is 29.0. The molecule has 0 spiro atoms. The predicted molar refractivity (Wildman–Crippen MR) is 171 cm³/mol. The summed E-state index contributed by atoms with van der Waals surface area (Å²) in [6.07, 6.45) is -11.2. The van der Waals surface area contributed by atoms with Crippen molar-refractivity contribution in [2.24, 2.45) is 5.73 Å². The molecule has 0 saturated heterocycles. The van der Waals surface area contributed by atoms with E-state index in [0.29, 0.717) is 40.4 Å². The Bertz CT molecular complexity index is 1750. The van der Waals surface area contributed by atoms with Crippen LogP contribution in [0.25, 0.3) is 0 Å². The van der Waals surface area contributed by atoms with Crippen LogP contribution in [-0.4, -0.2) is 56.3 Å². The van der Waals surface area contributed by atoms with Crippen molar-refractivity contribution in [3.8, 4) is 23.6 Å². The van der Waals surface area contributed by atoms with E-state index in [1.54, 1.807) is 30.3 Å². The summed E-state index contributed by atoms with van der Waals surface area (Å²) in [7, 11) is 0. The van der Waals surface area contributed by atoms with E-state index in [2.05, 4.69) is 29.4 Å². The third-order valence-corrected chi connectivity index (χ3v) is 6.46. The largest absolute Gasteiger partial charge is 0.482 e. The van der Waals surface area contributed by atoms with Gasteiger partial charge in [-0.15, -0.1) is 0 Å². The van der Waals surface area contributed by atoms with E-state index in [1.165, 1.54) is 24.5 Å². The Balaban J connectivity index is 0.000000374. The topological polar surface area (TPSA) is 144 Å². The number of nitriles is 2. The second-order valence-corrected chi connectivity index (χ2v) is 11.0. The lowest BCUT2D eigenvalue weighted by Crippen LogP contribution is -2.48. The number of hydrogen-bond donors (Lipinski definition) is 1. The Labute approximate surface area is 309 Å². The molecule has 0 bridgehead atoms. The Morgan fingerprint density at radius 2 is 1.00 bits per heavy atom. The van der Waals surface area contributed by atoms with Crippen LogP contribution in [0.4, 0.5) is 43.9 Å². The second kappa shape index (κ2) is 20.5. The molecule has 0 amide bonds. The number of rotatable bonds is 7. The number of alkyl halides is 10. The molecule has 22 heteroatoms. The summed E-state index contributed by atoms with van der Waals surface area (Å²) in [5, 5.41) is 18.3. The monoisotopic (exact) mass is 821 g/mol. The van der Waals surface area contributed by atoms with Gasteiger partial charge in [0.05, 0.1) is 28.1 Å². The molecule has 2 atom stereocenters. The highest BCUT2D eigenvalue weighted by molar-refractivity contribution is 6.32. The first-order chi connectivity index (χ1) is 24.5. The molecule has 2 unspecified atom stereocenters. The van der Waals surface area contributed by atoms with Gasteiger partial charge < -0.3 is 15.2 Å². The number of nitrogens with two attached hydrogens (primary N) is 1. The maximum absolute atomic E-state index is 12.9. The fourth-order valence-corrected chi connectivity index (χ4v) is 3.27. The Hall–Kier alpha value is -4.69. The molecule has 4 aromatic heterocycles. The summed E-state index contributed by atoms with van der Waals surface area (Å²) in [5.41, 5.74) is 6.11. The number of aromatic nitrogens is 4. The van der Waals surface area contributed by atoms with Crippen molar-refractivity contribution in [1.29, 1.82) is 10.5 Å². The fraction of sp³-hybridized carbons (Fsp3) is 0.290. The van der Waals surface area contributed by atoms with E-state index >= 15 is 0 Å². The molecule has 286 valence electrons. The second-order valence-electron chi connectivity index (χ2n) is 9.71. The lowest BCUT2D eigenvalue weighted by molar-refractivity contribution is -0.306. The molecular weight excluding hydrogens is 799 g/mol. The summed E-state index contributed by atoms with van der Waals surface area (Å²) in [5.74, 6) is -10.4. The molecule has 0 fully saturated rings. The zero-order chi connectivity index (χ0) is 40.6. The minimum absolute atomic E-state index is 0.00224. The Kier molecular flexibility index (Phi) is 17.9. The summed E-state index contributed by atoms with van der Waals surface area (Å²) in [6, 6.07) is 14.9. The molecule has 0 saturated carbocycles. The summed E-state index contributed by atoms with van der Waals surface area (Å²) in [4.78, 5) is 14.6. The predicted octanol–water partition coefficient (Wildman–Crippen LogP) is 9.42. The molecular formula is C31H24Cl3F10N7O2. The molecule has 53 heavy (non-hydrogen) atoms. The van der Waals surface area contributed by atoms with Crippen LogP contribution in [0.15, 0.2) is 73.3 Å². The van der Waals surface area contributed by atoms with Gasteiger partial charge in [0.1, 0.15) is 40.2 Å². The highest BCUT2D eigenvalue weighted by Gasteiger charge is 2.63. The third-order valence-electron chi connectivity index (χ3n) is 5.79. The van der Waals surface area contributed by atoms with Crippen molar-refractivity contribution < 1.29 is 53.4 Å². The highest BCUT2D eigenvalue weighted by Crippen LogP contribution is 2.40. The van der Waals surface area contributed by atoms with E-state index in [4.69, 9.17) is 51.1 Å². The van der Waals surface area contributed by atoms with Gasteiger partial charge in [0, 0.05) is 18.9 Å². The van der Waals surface area contributed by atoms with Crippen molar-refractivity contribution in [3.63, 3.8) is 0 Å². The van der Waals surface area contributed by atoms with Gasteiger partial charge in [0.25, 0.3) is 0 Å². The van der Waals surface area contributed by atoms with E-state index in [1.807, 2.05) is 6.07 Å². The number of ether oxygens (including phenoxy) is 2. The van der Waals surface area contributed by atoms with Gasteiger partial charge in [-0.2, -0.15) is 54.4 Å². The van der Waals surface area contributed by atoms with Crippen LogP contribution in [-0.2, 0) is 6.54 Å². The van der Waals surface area contributed by atoms with Crippen molar-refractivity contribution >= 4 is 34.8 Å². The van der Waals surface area contributed by atoms with Crippen LogP contribution in [0, 0.1) is 22.7 Å². The van der Waals surface area contributed by atoms with E-state index in [0.717, 1.165) is 24.5 Å². The highest BCUT2D eigenvalue weighted by atomic mass is 35.5. The summed E-state index contributed by atoms with van der Waals surface area (Å²) < 4.78 is 133. The molecule has 0 aromatic carbocycles. The minimum Gasteiger partial charge on any atom is -0.482 e. The first-order valence-corrected chi connectivity index (χ1v) is 15.1. The van der Waals surface area contributed by atoms with Crippen LogP contribution in [0.1, 0.15) is 30.9 Å². The van der Waals surface area contributed by atoms with Crippen LogP contribution in [0.5, 0.6) is 11.5 Å². The normalized spacial score (nSPS) is 12.4. The number of nitrogens with zero attached hydrogens (tertiary/aromatic N) is 6. The molecule has 0 aliphatic rings. The summed E-state index contributed by atoms with van der Waals surface area (Å²) >= 11 is 16.4. The van der Waals surface area contributed by atoms with Gasteiger partial charge in [-0.25, -0.2) is 15.0 Å². The number of pyridine rings is 4. The van der Waals surface area contributed by atoms with E-state index in [-0.39, 0.29) is 23.7 Å². The quantitative estimate of drug-likeness (QED) is 0.142. The summed E-state index contributed by atoms with van der Waals surface area (Å²) in [6.45, 7) is 1.38. The molecule has 9 nitrogen and oxygen atoms in total. The van der Waals surface area contributed by atoms with Gasteiger partial charge >= 0.3 is 24.2 Å². The Morgan fingerprint density at radius 3 is 1.28 bits per heavy atom. The van der Waals surface area contributed by atoms with E-state index in [9.17, 15) is 43.9 Å². The molecule has 2 N–H and O–H groups in total. The molecule has 4 rings (SSSR count). The average Bonchev–Trinajstić information content (AvgIpc) is 3.10. The van der Waals surface area contributed by atoms with Gasteiger partial charge in [0.15, 0.2) is 12.2 Å². The number of halogens is 13. The lowest BCUT2D eigenvalue weighted by Gasteiger charge is -2.26.